The number of nitrogens with zero attached hydrogens (tertiary/aromatic N) is 8. The smallest absolute Gasteiger partial charge is 0.272 e. The molecule has 2 aliphatic heterocycles. The number of nitrogen functional groups attached to an aromatic ring is 2. The number of benzene rings is 10. The predicted octanol–water partition coefficient (Wildman–Crippen LogP) is 25.4. The highest BCUT2D eigenvalue weighted by molar-refractivity contribution is 6.28. The summed E-state index contributed by atoms with van der Waals surface area (Å²) in [7, 11) is 0. The van der Waals surface area contributed by atoms with Gasteiger partial charge < -0.3 is 11.5 Å². The second-order valence-corrected chi connectivity index (χ2v) is 49.0. The lowest BCUT2D eigenvalue weighted by molar-refractivity contribution is -0.384. The summed E-state index contributed by atoms with van der Waals surface area (Å²) < 4.78 is 3.47. The summed E-state index contributed by atoms with van der Waals surface area (Å²) in [5.41, 5.74) is 22.0. The van der Waals surface area contributed by atoms with Gasteiger partial charge in [-0.3, -0.25) is 48.4 Å². The van der Waals surface area contributed by atoms with Crippen molar-refractivity contribution in [1.29, 1.82) is 0 Å². The number of likely N-dealkylation sites (tertiary alicyclic amines) is 2. The topological polar surface area (TPSA) is 214 Å². The Morgan fingerprint density at radius 2 is 0.701 bits per heavy atom. The van der Waals surface area contributed by atoms with Crippen LogP contribution in [0.1, 0.15) is 197 Å². The first kappa shape index (κ1) is 78.4. The third-order valence-corrected chi connectivity index (χ3v) is 45.5. The molecule has 18 fully saturated rings. The third-order valence-electron chi connectivity index (χ3n) is 45.5. The van der Waals surface area contributed by atoms with Crippen molar-refractivity contribution in [2.75, 3.05) is 31.1 Å². The van der Waals surface area contributed by atoms with Gasteiger partial charge in [-0.05, 0) is 434 Å². The van der Waals surface area contributed by atoms with Crippen molar-refractivity contribution in [3.8, 4) is 11.1 Å². The van der Waals surface area contributed by atoms with Crippen LogP contribution in [0.5, 0.6) is 0 Å². The molecule has 16 saturated carbocycles. The van der Waals surface area contributed by atoms with Crippen LogP contribution in [0, 0.1) is 204 Å². The molecule has 16 nitrogen and oxygen atoms in total. The molecule has 0 spiro atoms. The van der Waals surface area contributed by atoms with Crippen LogP contribution in [0.25, 0.3) is 131 Å². The number of pyridine rings is 2. The number of nitro groups is 2. The molecule has 4 N–H and O–H groups in total. The van der Waals surface area contributed by atoms with Crippen molar-refractivity contribution in [2.45, 2.75) is 205 Å². The average molecular weight is 1780 g/mol. The molecule has 4 aromatic heterocycles. The second-order valence-electron chi connectivity index (χ2n) is 49.0. The molecule has 6 heterocycles. The number of nitro benzene ring substituents is 2. The minimum Gasteiger partial charge on any atom is -0.399 e. The number of hydrogen-bond acceptors (Lipinski definition) is 12. The molecule has 26 unspecified atom stereocenters. The van der Waals surface area contributed by atoms with Crippen molar-refractivity contribution in [3.05, 3.63) is 173 Å². The highest BCUT2D eigenvalue weighted by Crippen LogP contribution is 2.76. The Labute approximate surface area is 780 Å². The molecular formula is C118H124N10O6. The number of non-ortho nitro benzene ring substituents is 2. The minimum absolute atomic E-state index is 0.0405. The lowest BCUT2D eigenvalue weighted by Gasteiger charge is -2.71. The number of fused-ring (bicyclic) bond motifs is 18. The van der Waals surface area contributed by atoms with Crippen LogP contribution in [-0.4, -0.2) is 64.1 Å². The fourth-order valence-corrected chi connectivity index (χ4v) is 42.4. The van der Waals surface area contributed by atoms with E-state index in [9.17, 15) is 20.2 Å². The molecule has 16 heteroatoms. The molecule has 18 aliphatic rings. The summed E-state index contributed by atoms with van der Waals surface area (Å²) in [6.45, 7) is 4.41. The van der Waals surface area contributed by atoms with E-state index in [2.05, 4.69) is 58.3 Å². The molecule has 0 radical (unpaired) electrons. The van der Waals surface area contributed by atoms with Crippen LogP contribution in [0.3, 0.4) is 0 Å². The summed E-state index contributed by atoms with van der Waals surface area (Å²) in [5, 5.41) is 39.4. The lowest BCUT2D eigenvalue weighted by atomic mass is 9.34. The maximum atomic E-state index is 16.3. The Morgan fingerprint density at radius 3 is 1.20 bits per heavy atom. The molecule has 682 valence electrons. The summed E-state index contributed by atoms with van der Waals surface area (Å²) in [4.78, 5) is 75.9. The van der Waals surface area contributed by atoms with Gasteiger partial charge in [0.05, 0.1) is 31.9 Å². The zero-order chi connectivity index (χ0) is 88.0. The molecule has 2 saturated heterocycles. The standard InChI is InChI=1S/C118H124N10O6/c119-60-22-27-84-90(45-60)94(53-123-51-58-20-25-72-79-35-31-75-68-11-1-7-55-8-2-12-69(100(55)68)76-32-36-80(109(79)107(75)76)73-26-21-59(52-123)99(58)105(72)73)92-46-61(120)47-97-111(92)113(84)121-115-86-39-29-64(66-15-5-17-88(103(66)86)117(129)125(97)115)65-30-40-87-104-67(65)16-6-18-89(104)118(130)126-98-50-63(128(133)134)49-93-95(91-48-62(127(131)132)23-28-85(91)114(112(93)98)122-116(87)126)54-124-44-43-57-19-24-74-81-37-33-77-70-13-3-9-56-10-4-14-71(101(56)70)78-34-38-82(110(81)108(77)78)83-41-42-96(124)102(57)106(74)83/h5-6,15-18,22-23,27-30,39-40,45-50,55-59,68-83,96,99-102,105-110H,1-4,7-14,19-21,24-26,31-38,41-44,51-54,119-120H2. The number of piperidine rings is 2. The van der Waals surface area contributed by atoms with E-state index in [4.69, 9.17) is 21.4 Å². The number of hydrogen-bond donors (Lipinski definition) is 2. The molecule has 0 bridgehead atoms. The molecule has 16 aliphatic carbocycles. The molecule has 26 atom stereocenters. The zero-order valence-corrected chi connectivity index (χ0v) is 77.2. The van der Waals surface area contributed by atoms with Crippen LogP contribution in [0.4, 0.5) is 22.7 Å². The van der Waals surface area contributed by atoms with E-state index >= 15 is 9.59 Å². The van der Waals surface area contributed by atoms with Crippen LogP contribution < -0.4 is 22.6 Å². The van der Waals surface area contributed by atoms with Crippen molar-refractivity contribution in [2.24, 2.45) is 183 Å². The number of anilines is 2. The maximum absolute atomic E-state index is 16.3. The number of nitrogens with two attached hydrogens (primary N) is 2. The summed E-state index contributed by atoms with van der Waals surface area (Å²) in [6, 6.07) is 39.6. The quantitative estimate of drug-likeness (QED) is 0.0501. The average Bonchev–Trinajstić information content (AvgIpc) is 0.674. The van der Waals surface area contributed by atoms with E-state index in [1.165, 1.54) is 153 Å². The maximum Gasteiger partial charge on any atom is 0.272 e. The Bertz CT molecular complexity index is 7550. The first-order valence-electron chi connectivity index (χ1n) is 54.1. The molecule has 0 amide bonds. The van der Waals surface area contributed by atoms with E-state index in [1.807, 2.05) is 52.9 Å². The predicted molar refractivity (Wildman–Crippen MR) is 533 cm³/mol. The summed E-state index contributed by atoms with van der Waals surface area (Å²) in [5.74, 6) is 28.2. The Balaban J connectivity index is 0.482. The second kappa shape index (κ2) is 28.1. The van der Waals surface area contributed by atoms with Gasteiger partial charge >= 0.3 is 0 Å². The Morgan fingerprint density at radius 1 is 0.313 bits per heavy atom. The first-order chi connectivity index (χ1) is 65.8. The Hall–Kier alpha value is -9.64. The van der Waals surface area contributed by atoms with E-state index < -0.39 is 0 Å². The Kier molecular flexibility index (Phi) is 16.4. The van der Waals surface area contributed by atoms with Crippen molar-refractivity contribution in [3.63, 3.8) is 0 Å². The van der Waals surface area contributed by atoms with Gasteiger partial charge in [0.25, 0.3) is 22.5 Å². The minimum atomic E-state index is -0.343. The van der Waals surface area contributed by atoms with Crippen molar-refractivity contribution < 1.29 is 9.85 Å². The SMILES string of the molecule is Nc1ccc2c(c1)c(CN1CC3CCC4C5CCC6C7CCCC8CCCC(C9CCC(C%10CCC(C1)C3C4%10)C5C69)C87)c1cc(N)cc3c1c2nc1c2ccc(-c4ccc5c6c4cccc6c(=O)n4c6cc([N+](=O)[O-])cc7c(CN8CCC9CCC%10C%11CCC%12C%13CCCC%14CCCC(C%15CCC(C%16CCC8C9C%10%16)C%11C%12%15)C%14%13)c8cc([N+](=O)[O-])ccc8c(nc54)c76)c4cccc(c(=O)n31)c42. The molecule has 32 rings (SSSR count). The fraction of sp³-hybridized carbons (Fsp3) is 0.559. The van der Waals surface area contributed by atoms with Crippen LogP contribution >= 0.6 is 0 Å². The van der Waals surface area contributed by atoms with Gasteiger partial charge in [0.2, 0.25) is 0 Å². The van der Waals surface area contributed by atoms with Crippen molar-refractivity contribution in [1.82, 2.24) is 28.6 Å². The molecular weight excluding hydrogens is 1650 g/mol. The lowest BCUT2D eigenvalue weighted by Crippen LogP contribution is -2.67. The summed E-state index contributed by atoms with van der Waals surface area (Å²) >= 11 is 0. The van der Waals surface area contributed by atoms with Crippen LogP contribution in [0.2, 0.25) is 0 Å². The van der Waals surface area contributed by atoms with Gasteiger partial charge in [-0.15, -0.1) is 0 Å². The monoisotopic (exact) mass is 1780 g/mol. The van der Waals surface area contributed by atoms with Gasteiger partial charge in [0.15, 0.2) is 0 Å². The fourth-order valence-electron chi connectivity index (χ4n) is 42.4. The molecule has 10 aromatic carbocycles. The van der Waals surface area contributed by atoms with Gasteiger partial charge in [0.1, 0.15) is 11.3 Å². The number of aromatic nitrogens is 4. The van der Waals surface area contributed by atoms with E-state index in [1.54, 1.807) is 54.3 Å². The van der Waals surface area contributed by atoms with E-state index in [0.717, 1.165) is 275 Å². The summed E-state index contributed by atoms with van der Waals surface area (Å²) in [6.07, 6.45) is 42.0. The van der Waals surface area contributed by atoms with Gasteiger partial charge in [-0.2, -0.15) is 0 Å². The highest BCUT2D eigenvalue weighted by atomic mass is 16.6. The zero-order valence-electron chi connectivity index (χ0n) is 77.2. The number of rotatable bonds is 7. The van der Waals surface area contributed by atoms with Gasteiger partial charge in [-0.25, -0.2) is 9.97 Å². The van der Waals surface area contributed by atoms with Gasteiger partial charge in [-0.1, -0.05) is 93.8 Å². The van der Waals surface area contributed by atoms with Gasteiger partial charge in [0, 0.05) is 122 Å². The normalized spacial score (nSPS) is 38.8. The van der Waals surface area contributed by atoms with E-state index in [-0.39, 0.29) is 32.3 Å². The highest BCUT2D eigenvalue weighted by Gasteiger charge is 2.70. The molecule has 134 heavy (non-hydrogen) atoms. The van der Waals surface area contributed by atoms with Crippen LogP contribution in [-0.2, 0) is 13.1 Å². The van der Waals surface area contributed by atoms with Crippen LogP contribution in [0.15, 0.2) is 131 Å². The molecule has 14 aromatic rings. The van der Waals surface area contributed by atoms with E-state index in [0.29, 0.717) is 108 Å². The third kappa shape index (κ3) is 10.2. The first-order valence-corrected chi connectivity index (χ1v) is 54.1. The largest absolute Gasteiger partial charge is 0.399 e. The van der Waals surface area contributed by atoms with Crippen molar-refractivity contribution >= 4 is 142 Å².